The quantitative estimate of drug-likeness (QED) is 0.754. The third-order valence-corrected chi connectivity index (χ3v) is 6.83. The number of hydrogen-bond donors (Lipinski definition) is 1. The monoisotopic (exact) mass is 380 g/mol. The Bertz CT molecular complexity index is 1150. The van der Waals surface area contributed by atoms with Gasteiger partial charge in [0.15, 0.2) is 0 Å². The normalized spacial score (nSPS) is 15.0. The van der Waals surface area contributed by atoms with Crippen LogP contribution in [0.5, 0.6) is 0 Å². The van der Waals surface area contributed by atoms with Gasteiger partial charge in [0, 0.05) is 44.8 Å². The van der Waals surface area contributed by atoms with Crippen LogP contribution in [0.1, 0.15) is 5.56 Å². The van der Waals surface area contributed by atoms with Crippen molar-refractivity contribution in [3.8, 4) is 6.07 Å². The smallest absolute Gasteiger partial charge is 0.210 e. The number of piperazine rings is 1. The molecule has 0 radical (unpaired) electrons. The number of nitrogens with zero attached hydrogens (tertiary/aromatic N) is 3. The first-order valence-electron chi connectivity index (χ1n) is 8.82. The third-order valence-electron chi connectivity index (χ3n) is 4.99. The lowest BCUT2D eigenvalue weighted by atomic mass is 10.2. The minimum Gasteiger partial charge on any atom is -0.367 e. The van der Waals surface area contributed by atoms with Crippen molar-refractivity contribution in [1.82, 2.24) is 9.88 Å². The minimum absolute atomic E-state index is 0.0487. The Balaban J connectivity index is 1.93. The molecule has 0 atom stereocenters. The molecule has 0 aliphatic carbocycles. The maximum absolute atomic E-state index is 13.3. The zero-order valence-electron chi connectivity index (χ0n) is 15.0. The highest BCUT2D eigenvalue weighted by Gasteiger charge is 2.27. The van der Waals surface area contributed by atoms with Crippen LogP contribution in [0.3, 0.4) is 0 Å². The lowest BCUT2D eigenvalue weighted by molar-refractivity contribution is 0.590. The highest BCUT2D eigenvalue weighted by Crippen LogP contribution is 2.35. The average Bonchev–Trinajstić information content (AvgIpc) is 3.06. The summed E-state index contributed by atoms with van der Waals surface area (Å²) in [6.07, 6.45) is 1.65. The van der Waals surface area contributed by atoms with E-state index in [-0.39, 0.29) is 15.4 Å². The topological polar surface area (TPSA) is 78.1 Å². The number of nitrogens with one attached hydrogen (secondary N) is 1. The van der Waals surface area contributed by atoms with Crippen molar-refractivity contribution in [3.63, 3.8) is 0 Å². The molecule has 1 aliphatic heterocycles. The number of para-hydroxylation sites is 1. The SMILES string of the molecule is Cn1cc(S(=O)(=O)c2ccccc2C#N)c2cccc(N3CCNCC3)c21. The number of fused-ring (bicyclic) bond motifs is 1. The summed E-state index contributed by atoms with van der Waals surface area (Å²) in [6, 6.07) is 14.1. The molecule has 0 bridgehead atoms. The molecule has 0 saturated carbocycles. The van der Waals surface area contributed by atoms with Crippen LogP contribution in [0.25, 0.3) is 10.9 Å². The maximum Gasteiger partial charge on any atom is 0.210 e. The van der Waals surface area contributed by atoms with E-state index in [1.807, 2.05) is 35.9 Å². The van der Waals surface area contributed by atoms with E-state index >= 15 is 0 Å². The largest absolute Gasteiger partial charge is 0.367 e. The second-order valence-electron chi connectivity index (χ2n) is 6.63. The van der Waals surface area contributed by atoms with Crippen molar-refractivity contribution in [2.75, 3.05) is 31.1 Å². The molecule has 1 aliphatic rings. The summed E-state index contributed by atoms with van der Waals surface area (Å²) in [5, 5.41) is 13.3. The number of nitriles is 1. The summed E-state index contributed by atoms with van der Waals surface area (Å²) in [6.45, 7) is 3.57. The van der Waals surface area contributed by atoms with Crippen molar-refractivity contribution >= 4 is 26.4 Å². The Kier molecular flexibility index (Phi) is 4.38. The van der Waals surface area contributed by atoms with Crippen LogP contribution < -0.4 is 10.2 Å². The Morgan fingerprint density at radius 1 is 1.04 bits per heavy atom. The third kappa shape index (κ3) is 2.87. The molecule has 2 heterocycles. The number of aromatic nitrogens is 1. The number of sulfone groups is 1. The molecule has 0 unspecified atom stereocenters. The molecule has 1 fully saturated rings. The van der Waals surface area contributed by atoms with Crippen molar-refractivity contribution in [2.24, 2.45) is 7.05 Å². The standard InChI is InChI=1S/C20H20N4O2S/c1-23-14-19(27(25,26)18-8-3-2-5-15(18)13-21)16-6-4-7-17(20(16)23)24-11-9-22-10-12-24/h2-8,14,22H,9-12H2,1H3. The van der Waals surface area contributed by atoms with Crippen LogP contribution in [-0.2, 0) is 16.9 Å². The molecular formula is C20H20N4O2S. The van der Waals surface area contributed by atoms with Gasteiger partial charge in [0.25, 0.3) is 0 Å². The van der Waals surface area contributed by atoms with Gasteiger partial charge in [0.1, 0.15) is 6.07 Å². The molecular weight excluding hydrogens is 360 g/mol. The van der Waals surface area contributed by atoms with Gasteiger partial charge < -0.3 is 14.8 Å². The van der Waals surface area contributed by atoms with E-state index in [1.165, 1.54) is 12.1 Å². The number of anilines is 1. The number of hydrogen-bond acceptors (Lipinski definition) is 5. The fourth-order valence-corrected chi connectivity index (χ4v) is 5.35. The van der Waals surface area contributed by atoms with Gasteiger partial charge in [-0.25, -0.2) is 8.42 Å². The Labute approximate surface area is 158 Å². The van der Waals surface area contributed by atoms with Crippen molar-refractivity contribution in [2.45, 2.75) is 9.79 Å². The van der Waals surface area contributed by atoms with Gasteiger partial charge in [-0.1, -0.05) is 24.3 Å². The molecule has 2 aromatic carbocycles. The lowest BCUT2D eigenvalue weighted by Gasteiger charge is -2.30. The molecule has 0 amide bonds. The van der Waals surface area contributed by atoms with Crippen molar-refractivity contribution in [1.29, 1.82) is 5.26 Å². The van der Waals surface area contributed by atoms with E-state index in [1.54, 1.807) is 18.3 Å². The molecule has 0 spiro atoms. The lowest BCUT2D eigenvalue weighted by Crippen LogP contribution is -2.43. The molecule has 1 N–H and O–H groups in total. The van der Waals surface area contributed by atoms with Gasteiger partial charge in [-0.2, -0.15) is 5.26 Å². The van der Waals surface area contributed by atoms with Gasteiger partial charge in [0.05, 0.1) is 26.6 Å². The Morgan fingerprint density at radius 3 is 2.52 bits per heavy atom. The van der Waals surface area contributed by atoms with Gasteiger partial charge >= 0.3 is 0 Å². The van der Waals surface area contributed by atoms with Gasteiger partial charge in [-0.3, -0.25) is 0 Å². The Hall–Kier alpha value is -2.82. The molecule has 4 rings (SSSR count). The molecule has 27 heavy (non-hydrogen) atoms. The van der Waals surface area contributed by atoms with E-state index in [9.17, 15) is 13.7 Å². The number of rotatable bonds is 3. The van der Waals surface area contributed by atoms with Crippen LogP contribution >= 0.6 is 0 Å². The fourth-order valence-electron chi connectivity index (χ4n) is 3.70. The second kappa shape index (κ2) is 6.72. The molecule has 7 heteroatoms. The predicted octanol–water partition coefficient (Wildman–Crippen LogP) is 2.29. The van der Waals surface area contributed by atoms with E-state index in [0.717, 1.165) is 37.4 Å². The van der Waals surface area contributed by atoms with Gasteiger partial charge in [0.2, 0.25) is 9.84 Å². The predicted molar refractivity (Wildman–Crippen MR) is 105 cm³/mol. The van der Waals surface area contributed by atoms with Crippen molar-refractivity contribution < 1.29 is 8.42 Å². The van der Waals surface area contributed by atoms with Crippen LogP contribution in [0.2, 0.25) is 0 Å². The van der Waals surface area contributed by atoms with Crippen LogP contribution in [0, 0.1) is 11.3 Å². The summed E-state index contributed by atoms with van der Waals surface area (Å²) in [5.74, 6) is 0. The summed E-state index contributed by atoms with van der Waals surface area (Å²) < 4.78 is 28.6. The first-order chi connectivity index (χ1) is 13.0. The van der Waals surface area contributed by atoms with E-state index in [0.29, 0.717) is 5.39 Å². The number of benzene rings is 2. The zero-order chi connectivity index (χ0) is 19.0. The van der Waals surface area contributed by atoms with Gasteiger partial charge in [-0.15, -0.1) is 0 Å². The summed E-state index contributed by atoms with van der Waals surface area (Å²) >= 11 is 0. The van der Waals surface area contributed by atoms with Crippen molar-refractivity contribution in [3.05, 3.63) is 54.2 Å². The molecule has 3 aromatic rings. The van der Waals surface area contributed by atoms with Crippen LogP contribution in [-0.4, -0.2) is 39.2 Å². The Morgan fingerprint density at radius 2 is 1.78 bits per heavy atom. The highest BCUT2D eigenvalue weighted by atomic mass is 32.2. The highest BCUT2D eigenvalue weighted by molar-refractivity contribution is 7.91. The number of aryl methyl sites for hydroxylation is 1. The summed E-state index contributed by atoms with van der Waals surface area (Å²) in [5.41, 5.74) is 2.09. The molecule has 1 aromatic heterocycles. The van der Waals surface area contributed by atoms with Crippen LogP contribution in [0.4, 0.5) is 5.69 Å². The summed E-state index contributed by atoms with van der Waals surface area (Å²) in [7, 11) is -1.94. The maximum atomic E-state index is 13.3. The fraction of sp³-hybridized carbons (Fsp3) is 0.250. The summed E-state index contributed by atoms with van der Waals surface area (Å²) in [4.78, 5) is 2.56. The van der Waals surface area contributed by atoms with E-state index in [2.05, 4.69) is 10.2 Å². The second-order valence-corrected chi connectivity index (χ2v) is 8.51. The molecule has 6 nitrogen and oxygen atoms in total. The minimum atomic E-state index is -3.81. The zero-order valence-corrected chi connectivity index (χ0v) is 15.8. The van der Waals surface area contributed by atoms with Gasteiger partial charge in [-0.05, 0) is 18.2 Å². The van der Waals surface area contributed by atoms with E-state index in [4.69, 9.17) is 0 Å². The first-order valence-corrected chi connectivity index (χ1v) is 10.3. The van der Waals surface area contributed by atoms with Crippen LogP contribution in [0.15, 0.2) is 58.5 Å². The molecule has 138 valence electrons. The van der Waals surface area contributed by atoms with E-state index < -0.39 is 9.84 Å². The first kappa shape index (κ1) is 17.6. The average molecular weight is 380 g/mol. The molecule has 1 saturated heterocycles.